The van der Waals surface area contributed by atoms with Gasteiger partial charge in [-0.15, -0.1) is 0 Å². The molecule has 0 aliphatic carbocycles. The molecule has 0 N–H and O–H groups in total. The highest BCUT2D eigenvalue weighted by Gasteiger charge is 2.52. The number of carbonyl (C=O) groups excluding carboxylic acids is 5. The number of ether oxygens (including phenoxy) is 5. The molecule has 1 heterocycles. The average Bonchev–Trinajstić information content (AvgIpc) is 2.57. The standard InChI is InChI=1S/C17H23IO10/c1-8(19)24-7-14-16(26-10(3)21)17(27-11(4)22)15(25-9(2)20)13(28-14)5-12(23)6-18/h13-17H,5-7H2,1-4H3/t13-,14-,15+,16-,17-/m1/s1. The maximum Gasteiger partial charge on any atom is 0.303 e. The third-order valence-electron chi connectivity index (χ3n) is 3.66. The van der Waals surface area contributed by atoms with E-state index >= 15 is 0 Å². The molecule has 0 unspecified atom stereocenters. The predicted molar refractivity (Wildman–Crippen MR) is 100 cm³/mol. The zero-order valence-corrected chi connectivity index (χ0v) is 18.1. The van der Waals surface area contributed by atoms with Crippen LogP contribution in [-0.2, 0) is 47.7 Å². The average molecular weight is 514 g/mol. The summed E-state index contributed by atoms with van der Waals surface area (Å²) in [5.74, 6) is -2.91. The molecule has 0 bridgehead atoms. The van der Waals surface area contributed by atoms with Crippen LogP contribution in [0.5, 0.6) is 0 Å². The summed E-state index contributed by atoms with van der Waals surface area (Å²) in [5, 5.41) is 0. The van der Waals surface area contributed by atoms with Gasteiger partial charge in [0.15, 0.2) is 18.3 Å². The van der Waals surface area contributed by atoms with Crippen LogP contribution >= 0.6 is 22.6 Å². The van der Waals surface area contributed by atoms with Crippen molar-refractivity contribution in [3.05, 3.63) is 0 Å². The van der Waals surface area contributed by atoms with E-state index in [9.17, 15) is 24.0 Å². The number of esters is 4. The number of hydrogen-bond acceptors (Lipinski definition) is 10. The molecule has 0 aromatic heterocycles. The van der Waals surface area contributed by atoms with E-state index in [1.807, 2.05) is 22.6 Å². The van der Waals surface area contributed by atoms with Crippen molar-refractivity contribution in [1.29, 1.82) is 0 Å². The van der Waals surface area contributed by atoms with Crippen LogP contribution in [0.1, 0.15) is 34.1 Å². The third-order valence-corrected chi connectivity index (χ3v) is 4.52. The number of alkyl halides is 1. The van der Waals surface area contributed by atoms with Crippen molar-refractivity contribution in [2.24, 2.45) is 0 Å². The first kappa shape index (κ1) is 24.3. The normalized spacial score (nSPS) is 26.7. The van der Waals surface area contributed by atoms with Gasteiger partial charge >= 0.3 is 23.9 Å². The van der Waals surface area contributed by atoms with Gasteiger partial charge in [0.25, 0.3) is 0 Å². The lowest BCUT2D eigenvalue weighted by atomic mass is 9.92. The van der Waals surface area contributed by atoms with E-state index in [1.165, 1.54) is 6.92 Å². The van der Waals surface area contributed by atoms with Crippen LogP contribution in [0.2, 0.25) is 0 Å². The topological polar surface area (TPSA) is 132 Å². The molecule has 0 amide bonds. The first-order valence-electron chi connectivity index (χ1n) is 8.43. The second-order valence-corrected chi connectivity index (χ2v) is 6.88. The summed E-state index contributed by atoms with van der Waals surface area (Å²) in [4.78, 5) is 58.0. The van der Waals surface area contributed by atoms with Crippen molar-refractivity contribution < 1.29 is 47.7 Å². The van der Waals surface area contributed by atoms with Crippen molar-refractivity contribution in [2.75, 3.05) is 11.0 Å². The Bertz CT molecular complexity index is 619. The van der Waals surface area contributed by atoms with E-state index in [4.69, 9.17) is 23.7 Å². The van der Waals surface area contributed by atoms with Crippen LogP contribution in [0.4, 0.5) is 0 Å². The maximum atomic E-state index is 12.0. The van der Waals surface area contributed by atoms with Crippen LogP contribution in [0.3, 0.4) is 0 Å². The van der Waals surface area contributed by atoms with Crippen molar-refractivity contribution in [3.63, 3.8) is 0 Å². The Morgan fingerprint density at radius 3 is 1.64 bits per heavy atom. The van der Waals surface area contributed by atoms with Crippen molar-refractivity contribution in [2.45, 2.75) is 64.6 Å². The van der Waals surface area contributed by atoms with E-state index in [0.29, 0.717) is 0 Å². The summed E-state index contributed by atoms with van der Waals surface area (Å²) >= 11 is 1.88. The van der Waals surface area contributed by atoms with Gasteiger partial charge < -0.3 is 23.7 Å². The fraction of sp³-hybridized carbons (Fsp3) is 0.706. The molecular formula is C17H23IO10. The molecule has 0 saturated carbocycles. The largest absolute Gasteiger partial charge is 0.463 e. The van der Waals surface area contributed by atoms with Gasteiger partial charge in [-0.2, -0.15) is 0 Å². The minimum atomic E-state index is -1.24. The quantitative estimate of drug-likeness (QED) is 0.195. The van der Waals surface area contributed by atoms with Gasteiger partial charge in [0.2, 0.25) is 0 Å². The number of hydrogen-bond donors (Lipinski definition) is 0. The zero-order valence-electron chi connectivity index (χ0n) is 16.0. The number of rotatable bonds is 8. The van der Waals surface area contributed by atoms with E-state index in [0.717, 1.165) is 20.8 Å². The van der Waals surface area contributed by atoms with E-state index in [1.54, 1.807) is 0 Å². The molecule has 0 aromatic carbocycles. The Hall–Kier alpha value is -1.76. The lowest BCUT2D eigenvalue weighted by Gasteiger charge is -2.44. The molecule has 158 valence electrons. The fourth-order valence-electron chi connectivity index (χ4n) is 2.76. The minimum Gasteiger partial charge on any atom is -0.463 e. The van der Waals surface area contributed by atoms with Gasteiger partial charge in [-0.25, -0.2) is 0 Å². The number of halogens is 1. The summed E-state index contributed by atoms with van der Waals surface area (Å²) in [7, 11) is 0. The van der Waals surface area contributed by atoms with Crippen LogP contribution in [0, 0.1) is 0 Å². The number of carbonyl (C=O) groups is 5. The summed E-state index contributed by atoms with van der Waals surface area (Å²) in [6.07, 6.45) is -5.80. The SMILES string of the molecule is CC(=O)OC[C@H]1O[C@H](CC(=O)CI)[C@H](OC(C)=O)[C@@H](OC(C)=O)[C@@H]1OC(C)=O. The highest BCUT2D eigenvalue weighted by atomic mass is 127. The van der Waals surface area contributed by atoms with Gasteiger partial charge in [0.05, 0.1) is 4.43 Å². The highest BCUT2D eigenvalue weighted by Crippen LogP contribution is 2.31. The summed E-state index contributed by atoms with van der Waals surface area (Å²) in [6, 6.07) is 0. The number of Topliss-reactive ketones (excluding diaryl/α,β-unsaturated/α-hetero) is 1. The molecule has 11 heteroatoms. The molecule has 10 nitrogen and oxygen atoms in total. The number of ketones is 1. The Morgan fingerprint density at radius 1 is 0.750 bits per heavy atom. The van der Waals surface area contributed by atoms with Gasteiger partial charge in [-0.3, -0.25) is 24.0 Å². The minimum absolute atomic E-state index is 0.137. The zero-order chi connectivity index (χ0) is 21.4. The molecule has 1 saturated heterocycles. The summed E-state index contributed by atoms with van der Waals surface area (Å²) in [5.41, 5.74) is 0. The lowest BCUT2D eigenvalue weighted by molar-refractivity contribution is -0.252. The second-order valence-electron chi connectivity index (χ2n) is 6.11. The fourth-order valence-corrected chi connectivity index (χ4v) is 3.07. The summed E-state index contributed by atoms with van der Waals surface area (Å²) < 4.78 is 26.7. The summed E-state index contributed by atoms with van der Waals surface area (Å²) in [6.45, 7) is 4.30. The van der Waals surface area contributed by atoms with Crippen molar-refractivity contribution in [1.82, 2.24) is 0 Å². The molecule has 5 atom stereocenters. The molecule has 28 heavy (non-hydrogen) atoms. The van der Waals surface area contributed by atoms with Crippen molar-refractivity contribution >= 4 is 52.3 Å². The molecule has 0 aromatic rings. The monoisotopic (exact) mass is 514 g/mol. The molecule has 1 aliphatic heterocycles. The Balaban J connectivity index is 3.30. The van der Waals surface area contributed by atoms with Crippen molar-refractivity contribution in [3.8, 4) is 0 Å². The Labute approximate surface area is 175 Å². The van der Waals surface area contributed by atoms with Gasteiger partial charge in [0, 0.05) is 34.1 Å². The predicted octanol–water partition coefficient (Wildman–Crippen LogP) is 0.506. The van der Waals surface area contributed by atoms with Crippen LogP contribution in [0.25, 0.3) is 0 Å². The van der Waals surface area contributed by atoms with E-state index in [2.05, 4.69) is 0 Å². The van der Waals surface area contributed by atoms with Gasteiger partial charge in [0.1, 0.15) is 24.6 Å². The van der Waals surface area contributed by atoms with Crippen LogP contribution in [-0.4, -0.2) is 71.2 Å². The molecule has 0 spiro atoms. The van der Waals surface area contributed by atoms with E-state index in [-0.39, 0.29) is 23.2 Å². The molecule has 0 radical (unpaired) electrons. The third kappa shape index (κ3) is 7.70. The second kappa shape index (κ2) is 11.3. The molecule has 1 aliphatic rings. The van der Waals surface area contributed by atoms with Gasteiger partial charge in [-0.05, 0) is 0 Å². The molecular weight excluding hydrogens is 491 g/mol. The Kier molecular flexibility index (Phi) is 9.79. The first-order chi connectivity index (χ1) is 13.0. The Morgan fingerprint density at radius 2 is 1.21 bits per heavy atom. The van der Waals surface area contributed by atoms with E-state index < -0.39 is 54.4 Å². The van der Waals surface area contributed by atoms with Crippen LogP contribution in [0.15, 0.2) is 0 Å². The van der Waals surface area contributed by atoms with Gasteiger partial charge in [-0.1, -0.05) is 22.6 Å². The lowest BCUT2D eigenvalue weighted by Crippen LogP contribution is -2.62. The highest BCUT2D eigenvalue weighted by molar-refractivity contribution is 14.1. The first-order valence-corrected chi connectivity index (χ1v) is 9.95. The molecule has 1 fully saturated rings. The maximum absolute atomic E-state index is 12.0. The smallest absolute Gasteiger partial charge is 0.303 e. The van der Waals surface area contributed by atoms with Crippen LogP contribution < -0.4 is 0 Å². The molecule has 1 rings (SSSR count).